The van der Waals surface area contributed by atoms with Crippen molar-refractivity contribution in [3.63, 3.8) is 0 Å². The van der Waals surface area contributed by atoms with Crippen molar-refractivity contribution < 1.29 is 23.9 Å². The predicted molar refractivity (Wildman–Crippen MR) is 200 cm³/mol. The van der Waals surface area contributed by atoms with E-state index in [2.05, 4.69) is 24.1 Å². The molecular formula is C41H47FN6O4. The number of aromatic amines is 1. The quantitative estimate of drug-likeness (QED) is 0.123. The maximum atomic E-state index is 14.6. The van der Waals surface area contributed by atoms with E-state index in [1.54, 1.807) is 52.9 Å². The molecule has 11 heteroatoms. The molecule has 6 rings (SSSR count). The molecule has 1 atom stereocenters. The number of rotatable bonds is 13. The maximum Gasteiger partial charge on any atom is 0.274 e. The molecule has 2 aromatic heterocycles. The number of carbonyl (C=O) groups excluding carboxylic acids is 3. The van der Waals surface area contributed by atoms with Gasteiger partial charge in [-0.25, -0.2) is 9.07 Å². The molecule has 3 N–H and O–H groups in total. The monoisotopic (exact) mass is 706 g/mol. The zero-order valence-electron chi connectivity index (χ0n) is 30.3. The van der Waals surface area contributed by atoms with Gasteiger partial charge in [0.2, 0.25) is 5.91 Å². The van der Waals surface area contributed by atoms with Crippen LogP contribution in [-0.4, -0.2) is 73.1 Å². The van der Waals surface area contributed by atoms with Gasteiger partial charge in [-0.3, -0.25) is 14.4 Å². The van der Waals surface area contributed by atoms with Crippen LogP contribution in [0.5, 0.6) is 0 Å². The number of aromatic nitrogens is 3. The SMILES string of the molecule is CCCCN(CCCC)C(=O)c1cc(C)n(-c2ccc(NC(=O)Cc3c(C)[nH]c4c(F)cccc34)cc2C(=O)N2Cc3ccccc3CC2CO)n1. The summed E-state index contributed by atoms with van der Waals surface area (Å²) in [6.45, 7) is 9.21. The van der Waals surface area contributed by atoms with E-state index in [1.807, 2.05) is 36.1 Å². The van der Waals surface area contributed by atoms with Crippen LogP contribution < -0.4 is 5.32 Å². The number of H-pyrrole nitrogens is 1. The van der Waals surface area contributed by atoms with Gasteiger partial charge in [-0.2, -0.15) is 5.10 Å². The van der Waals surface area contributed by atoms with Gasteiger partial charge in [0.1, 0.15) is 5.82 Å². The third-order valence-corrected chi connectivity index (χ3v) is 9.96. The molecule has 272 valence electrons. The van der Waals surface area contributed by atoms with Gasteiger partial charge in [-0.05, 0) is 80.1 Å². The van der Waals surface area contributed by atoms with E-state index in [1.165, 1.54) is 6.07 Å². The molecule has 0 spiro atoms. The second-order valence-electron chi connectivity index (χ2n) is 13.7. The Labute approximate surface area is 303 Å². The minimum Gasteiger partial charge on any atom is -0.394 e. The van der Waals surface area contributed by atoms with E-state index in [-0.39, 0.29) is 42.1 Å². The Bertz CT molecular complexity index is 2090. The number of carbonyl (C=O) groups is 3. The minimum absolute atomic E-state index is 0.00783. The average Bonchev–Trinajstić information content (AvgIpc) is 3.69. The fourth-order valence-corrected chi connectivity index (χ4v) is 7.07. The first-order valence-electron chi connectivity index (χ1n) is 18.2. The number of hydrogen-bond acceptors (Lipinski definition) is 5. The molecular weight excluding hydrogens is 659 g/mol. The average molecular weight is 707 g/mol. The number of aliphatic hydroxyl groups excluding tert-OH is 1. The summed E-state index contributed by atoms with van der Waals surface area (Å²) in [7, 11) is 0. The van der Waals surface area contributed by atoms with E-state index in [0.717, 1.165) is 36.8 Å². The van der Waals surface area contributed by atoms with Gasteiger partial charge in [0.05, 0.1) is 35.8 Å². The third-order valence-electron chi connectivity index (χ3n) is 9.96. The van der Waals surface area contributed by atoms with Crippen LogP contribution in [0, 0.1) is 19.7 Å². The highest BCUT2D eigenvalue weighted by molar-refractivity contribution is 6.02. The lowest BCUT2D eigenvalue weighted by molar-refractivity contribution is -0.115. The molecule has 3 heterocycles. The highest BCUT2D eigenvalue weighted by Gasteiger charge is 2.32. The number of amides is 3. The predicted octanol–water partition coefficient (Wildman–Crippen LogP) is 6.89. The lowest BCUT2D eigenvalue weighted by atomic mass is 9.93. The number of nitrogens with one attached hydrogen (secondary N) is 2. The number of aliphatic hydroxyl groups is 1. The zero-order chi connectivity index (χ0) is 36.9. The van der Waals surface area contributed by atoms with Crippen molar-refractivity contribution in [3.05, 3.63) is 112 Å². The molecule has 3 amide bonds. The van der Waals surface area contributed by atoms with Crippen LogP contribution >= 0.6 is 0 Å². The summed E-state index contributed by atoms with van der Waals surface area (Å²) in [5.74, 6) is -1.21. The summed E-state index contributed by atoms with van der Waals surface area (Å²) in [6, 6.07) is 19.0. The summed E-state index contributed by atoms with van der Waals surface area (Å²) in [6.07, 6.45) is 4.21. The summed E-state index contributed by atoms with van der Waals surface area (Å²) < 4.78 is 16.1. The highest BCUT2D eigenvalue weighted by Crippen LogP contribution is 2.30. The Hall–Kier alpha value is -5.29. The molecule has 52 heavy (non-hydrogen) atoms. The van der Waals surface area contributed by atoms with Gasteiger partial charge in [-0.1, -0.05) is 63.1 Å². The second-order valence-corrected chi connectivity index (χ2v) is 13.7. The van der Waals surface area contributed by atoms with E-state index in [0.29, 0.717) is 71.0 Å². The smallest absolute Gasteiger partial charge is 0.274 e. The number of unbranched alkanes of at least 4 members (excludes halogenated alkanes) is 2. The second kappa shape index (κ2) is 15.9. The van der Waals surface area contributed by atoms with Crippen LogP contribution in [-0.2, 0) is 24.2 Å². The summed E-state index contributed by atoms with van der Waals surface area (Å²) in [4.78, 5) is 48.4. The fraction of sp³-hybridized carbons (Fsp3) is 0.366. The van der Waals surface area contributed by atoms with E-state index < -0.39 is 6.04 Å². The fourth-order valence-electron chi connectivity index (χ4n) is 7.07. The molecule has 5 aromatic rings. The third kappa shape index (κ3) is 7.50. The Morgan fingerprint density at radius 3 is 2.42 bits per heavy atom. The lowest BCUT2D eigenvalue weighted by Crippen LogP contribution is -2.46. The van der Waals surface area contributed by atoms with E-state index >= 15 is 0 Å². The number of halogens is 1. The normalized spacial score (nSPS) is 14.0. The summed E-state index contributed by atoms with van der Waals surface area (Å²) in [5, 5.41) is 18.8. The van der Waals surface area contributed by atoms with E-state index in [4.69, 9.17) is 5.10 Å². The molecule has 0 aliphatic carbocycles. The van der Waals surface area contributed by atoms with Gasteiger partial charge in [0.25, 0.3) is 11.8 Å². The molecule has 1 aliphatic rings. The van der Waals surface area contributed by atoms with Gasteiger partial charge in [0.15, 0.2) is 5.69 Å². The number of benzene rings is 3. The molecule has 0 saturated carbocycles. The van der Waals surface area contributed by atoms with Crippen LogP contribution in [0.3, 0.4) is 0 Å². The standard InChI is InChI=1S/C41H47FN6O4/c1-5-7-18-46(19-8-6-2)41(52)36-20-26(3)48(45-36)37-17-16-30(44-38(50)23-33-27(4)43-39-32(33)14-11-15-35(39)42)22-34(37)40(51)47-24-29-13-10-9-12-28(29)21-31(47)25-49/h9-17,20,22,31,43,49H,5-8,18-19,21,23-25H2,1-4H3,(H,44,50). The maximum absolute atomic E-state index is 14.6. The van der Waals surface area contributed by atoms with Gasteiger partial charge < -0.3 is 25.2 Å². The summed E-state index contributed by atoms with van der Waals surface area (Å²) in [5.41, 5.74) is 5.90. The summed E-state index contributed by atoms with van der Waals surface area (Å²) >= 11 is 0. The van der Waals surface area contributed by atoms with Crippen LogP contribution in [0.4, 0.5) is 10.1 Å². The highest BCUT2D eigenvalue weighted by atomic mass is 19.1. The van der Waals surface area contributed by atoms with E-state index in [9.17, 15) is 23.9 Å². The van der Waals surface area contributed by atoms with Gasteiger partial charge >= 0.3 is 0 Å². The number of anilines is 1. The minimum atomic E-state index is -0.458. The van der Waals surface area contributed by atoms with Crippen LogP contribution in [0.15, 0.2) is 66.7 Å². The van der Waals surface area contributed by atoms with Crippen molar-refractivity contribution in [2.45, 2.75) is 78.8 Å². The molecule has 1 aliphatic heterocycles. The lowest BCUT2D eigenvalue weighted by Gasteiger charge is -2.36. The van der Waals surface area contributed by atoms with Crippen molar-refractivity contribution in [2.24, 2.45) is 0 Å². The Kier molecular flexibility index (Phi) is 11.2. The van der Waals surface area contributed by atoms with Crippen LogP contribution in [0.2, 0.25) is 0 Å². The first kappa shape index (κ1) is 36.5. The molecule has 10 nitrogen and oxygen atoms in total. The van der Waals surface area contributed by atoms with Crippen molar-refractivity contribution in [1.82, 2.24) is 24.6 Å². The zero-order valence-corrected chi connectivity index (χ0v) is 30.3. The first-order chi connectivity index (χ1) is 25.1. The number of hydrogen-bond donors (Lipinski definition) is 3. The molecule has 0 saturated heterocycles. The van der Waals surface area contributed by atoms with Crippen molar-refractivity contribution >= 4 is 34.3 Å². The number of para-hydroxylation sites is 1. The Morgan fingerprint density at radius 2 is 1.71 bits per heavy atom. The molecule has 0 fully saturated rings. The topological polar surface area (TPSA) is 124 Å². The van der Waals surface area contributed by atoms with Crippen molar-refractivity contribution in [1.29, 1.82) is 0 Å². The van der Waals surface area contributed by atoms with Gasteiger partial charge in [0, 0.05) is 42.1 Å². The molecule has 3 aromatic carbocycles. The van der Waals surface area contributed by atoms with Crippen molar-refractivity contribution in [2.75, 3.05) is 25.0 Å². The van der Waals surface area contributed by atoms with Crippen LogP contribution in [0.1, 0.15) is 88.5 Å². The Balaban J connectivity index is 1.36. The number of nitrogens with zero attached hydrogens (tertiary/aromatic N) is 4. The molecule has 0 bridgehead atoms. The first-order valence-corrected chi connectivity index (χ1v) is 18.2. The number of aryl methyl sites for hydroxylation is 2. The molecule has 1 unspecified atom stereocenters. The van der Waals surface area contributed by atoms with Gasteiger partial charge in [-0.15, -0.1) is 0 Å². The number of fused-ring (bicyclic) bond motifs is 2. The van der Waals surface area contributed by atoms with Crippen LogP contribution in [0.25, 0.3) is 16.6 Å². The van der Waals surface area contributed by atoms with Crippen molar-refractivity contribution in [3.8, 4) is 5.69 Å². The largest absolute Gasteiger partial charge is 0.394 e. The Morgan fingerprint density at radius 1 is 0.981 bits per heavy atom. The molecule has 0 radical (unpaired) electrons.